The predicted octanol–water partition coefficient (Wildman–Crippen LogP) is 4.97. The highest BCUT2D eigenvalue weighted by atomic mass is 32.2. The molecule has 8 nitrogen and oxygen atoms in total. The van der Waals surface area contributed by atoms with E-state index in [0.29, 0.717) is 28.1 Å². The molecule has 4 rings (SSSR count). The molecule has 2 aromatic heterocycles. The highest BCUT2D eigenvalue weighted by Crippen LogP contribution is 2.35. The van der Waals surface area contributed by atoms with E-state index in [1.807, 2.05) is 61.7 Å². The quantitative estimate of drug-likeness (QED) is 0.373. The number of carbonyl (C=O) groups is 1. The molecule has 0 atom stereocenters. The van der Waals surface area contributed by atoms with E-state index in [2.05, 4.69) is 34.4 Å². The Morgan fingerprint density at radius 2 is 1.97 bits per heavy atom. The fourth-order valence-electron chi connectivity index (χ4n) is 3.43. The summed E-state index contributed by atoms with van der Waals surface area (Å²) in [7, 11) is 0. The Morgan fingerprint density at radius 1 is 1.21 bits per heavy atom. The van der Waals surface area contributed by atoms with Crippen LogP contribution >= 0.6 is 11.8 Å². The molecule has 0 aliphatic rings. The number of nitrogen functional groups attached to an aromatic ring is 1. The van der Waals surface area contributed by atoms with E-state index in [4.69, 9.17) is 10.3 Å². The van der Waals surface area contributed by atoms with Gasteiger partial charge in [0.15, 0.2) is 0 Å². The summed E-state index contributed by atoms with van der Waals surface area (Å²) in [5.74, 6) is 1.23. The lowest BCUT2D eigenvalue weighted by atomic mass is 10.0. The third-order valence-electron chi connectivity index (χ3n) is 5.22. The third-order valence-corrected chi connectivity index (χ3v) is 5.90. The number of nitrogens with two attached hydrogens (primary N) is 1. The lowest BCUT2D eigenvalue weighted by Gasteiger charge is -2.09. The van der Waals surface area contributed by atoms with Gasteiger partial charge in [-0.25, -0.2) is 4.68 Å². The third kappa shape index (κ3) is 4.93. The van der Waals surface area contributed by atoms with Crippen LogP contribution in [0.5, 0.6) is 0 Å². The number of aromatic nitrogens is 4. The second kappa shape index (κ2) is 9.50. The van der Waals surface area contributed by atoms with Crippen molar-refractivity contribution >= 4 is 29.2 Å². The molecule has 0 spiro atoms. The fourth-order valence-corrected chi connectivity index (χ4v) is 4.01. The van der Waals surface area contributed by atoms with Crippen LogP contribution in [0.4, 0.5) is 11.5 Å². The van der Waals surface area contributed by atoms with E-state index in [-0.39, 0.29) is 18.3 Å². The van der Waals surface area contributed by atoms with Gasteiger partial charge < -0.3 is 15.6 Å². The van der Waals surface area contributed by atoms with Crippen LogP contribution in [0.15, 0.2) is 58.1 Å². The van der Waals surface area contributed by atoms with Crippen LogP contribution in [0.2, 0.25) is 0 Å². The molecule has 0 fully saturated rings. The Labute approximate surface area is 196 Å². The molecule has 2 heterocycles. The minimum Gasteiger partial charge on any atom is -0.383 e. The largest absolute Gasteiger partial charge is 0.383 e. The number of nitrogens with one attached hydrogen (secondary N) is 1. The van der Waals surface area contributed by atoms with Crippen molar-refractivity contribution < 1.29 is 9.32 Å². The highest BCUT2D eigenvalue weighted by molar-refractivity contribution is 7.98. The van der Waals surface area contributed by atoms with Gasteiger partial charge in [0, 0.05) is 11.3 Å². The smallest absolute Gasteiger partial charge is 0.264 e. The summed E-state index contributed by atoms with van der Waals surface area (Å²) in [5, 5.41) is 12.1. The molecule has 4 aromatic rings. The van der Waals surface area contributed by atoms with Gasteiger partial charge in [0.2, 0.25) is 11.7 Å². The summed E-state index contributed by atoms with van der Waals surface area (Å²) >= 11 is 1.40. The van der Waals surface area contributed by atoms with E-state index in [9.17, 15) is 4.79 Å². The van der Waals surface area contributed by atoms with Crippen LogP contribution in [0.3, 0.4) is 0 Å². The van der Waals surface area contributed by atoms with Crippen molar-refractivity contribution in [3.63, 3.8) is 0 Å². The SMILES string of the molecule is CSc1nn(CC(=O)Nc2ccc(C(C)C)cc2)c(N)c1-c1nc(-c2cccc(C)c2)no1. The number of rotatable bonds is 7. The van der Waals surface area contributed by atoms with Gasteiger partial charge in [-0.05, 0) is 42.9 Å². The van der Waals surface area contributed by atoms with E-state index >= 15 is 0 Å². The van der Waals surface area contributed by atoms with Crippen molar-refractivity contribution in [3.05, 3.63) is 59.7 Å². The van der Waals surface area contributed by atoms with Crippen molar-refractivity contribution in [2.45, 2.75) is 38.3 Å². The molecule has 0 aliphatic heterocycles. The molecule has 0 aliphatic carbocycles. The summed E-state index contributed by atoms with van der Waals surface area (Å²) in [5.41, 5.74) is 10.8. The number of hydrogen-bond donors (Lipinski definition) is 2. The van der Waals surface area contributed by atoms with Gasteiger partial charge in [0.05, 0.1) is 0 Å². The Bertz CT molecular complexity index is 1280. The Kier molecular flexibility index (Phi) is 6.50. The maximum atomic E-state index is 12.6. The zero-order chi connectivity index (χ0) is 23.5. The first kappa shape index (κ1) is 22.6. The number of benzene rings is 2. The number of amides is 1. The summed E-state index contributed by atoms with van der Waals surface area (Å²) in [6.07, 6.45) is 1.88. The van der Waals surface area contributed by atoms with Gasteiger partial charge in [0.1, 0.15) is 23.0 Å². The minimum absolute atomic E-state index is 0.0375. The second-order valence-corrected chi connectivity index (χ2v) is 8.84. The van der Waals surface area contributed by atoms with Crippen molar-refractivity contribution in [1.82, 2.24) is 19.9 Å². The summed E-state index contributed by atoms with van der Waals surface area (Å²) in [6, 6.07) is 15.6. The first-order valence-electron chi connectivity index (χ1n) is 10.6. The van der Waals surface area contributed by atoms with Gasteiger partial charge in [-0.1, -0.05) is 54.9 Å². The predicted molar refractivity (Wildman–Crippen MR) is 131 cm³/mol. The number of aryl methyl sites for hydroxylation is 1. The van der Waals surface area contributed by atoms with Crippen LogP contribution in [0.25, 0.3) is 22.8 Å². The van der Waals surface area contributed by atoms with Gasteiger partial charge in [-0.15, -0.1) is 11.8 Å². The van der Waals surface area contributed by atoms with Crippen molar-refractivity contribution in [3.8, 4) is 22.8 Å². The van der Waals surface area contributed by atoms with Crippen LogP contribution in [0, 0.1) is 6.92 Å². The topological polar surface area (TPSA) is 112 Å². The summed E-state index contributed by atoms with van der Waals surface area (Å²) in [6.45, 7) is 6.22. The van der Waals surface area contributed by atoms with Crippen LogP contribution in [0.1, 0.15) is 30.9 Å². The molecular weight excluding hydrogens is 436 g/mol. The van der Waals surface area contributed by atoms with Gasteiger partial charge in [-0.2, -0.15) is 10.1 Å². The number of hydrogen-bond acceptors (Lipinski definition) is 7. The van der Waals surface area contributed by atoms with E-state index in [0.717, 1.165) is 16.8 Å². The highest BCUT2D eigenvalue weighted by Gasteiger charge is 2.24. The molecule has 0 saturated heterocycles. The zero-order valence-corrected chi connectivity index (χ0v) is 19.8. The first-order valence-corrected chi connectivity index (χ1v) is 11.8. The van der Waals surface area contributed by atoms with E-state index < -0.39 is 0 Å². The molecule has 0 radical (unpaired) electrons. The molecule has 0 saturated carbocycles. The average molecular weight is 463 g/mol. The fraction of sp³-hybridized carbons (Fsp3) is 0.250. The van der Waals surface area contributed by atoms with Gasteiger partial charge >= 0.3 is 0 Å². The standard InChI is InChI=1S/C24H26N6O2S/c1-14(2)16-8-10-18(11-9-16)26-19(31)13-30-21(25)20(24(28-30)33-4)23-27-22(29-32-23)17-7-5-6-15(3)12-17/h5-12,14H,13,25H2,1-4H3,(H,26,31). The number of carbonyl (C=O) groups excluding carboxylic acids is 1. The normalized spacial score (nSPS) is 11.2. The second-order valence-electron chi connectivity index (χ2n) is 8.04. The Morgan fingerprint density at radius 3 is 2.64 bits per heavy atom. The molecule has 33 heavy (non-hydrogen) atoms. The molecule has 3 N–H and O–H groups in total. The molecule has 170 valence electrons. The molecule has 2 aromatic carbocycles. The Hall–Kier alpha value is -3.59. The number of nitrogens with zero attached hydrogens (tertiary/aromatic N) is 4. The number of thioether (sulfide) groups is 1. The maximum Gasteiger partial charge on any atom is 0.264 e. The number of anilines is 2. The molecular formula is C24H26N6O2S. The molecule has 9 heteroatoms. The summed E-state index contributed by atoms with van der Waals surface area (Å²) in [4.78, 5) is 17.2. The average Bonchev–Trinajstić information content (AvgIpc) is 3.39. The molecule has 1 amide bonds. The zero-order valence-electron chi connectivity index (χ0n) is 19.0. The lowest BCUT2D eigenvalue weighted by molar-refractivity contribution is -0.116. The first-order chi connectivity index (χ1) is 15.9. The van der Waals surface area contributed by atoms with Crippen molar-refractivity contribution in [1.29, 1.82) is 0 Å². The van der Waals surface area contributed by atoms with Crippen molar-refractivity contribution in [2.24, 2.45) is 0 Å². The maximum absolute atomic E-state index is 12.6. The minimum atomic E-state index is -0.230. The van der Waals surface area contributed by atoms with Gasteiger partial charge in [0.25, 0.3) is 5.89 Å². The van der Waals surface area contributed by atoms with Crippen molar-refractivity contribution in [2.75, 3.05) is 17.3 Å². The molecule has 0 unspecified atom stereocenters. The van der Waals surface area contributed by atoms with Crippen LogP contribution < -0.4 is 11.1 Å². The monoisotopic (exact) mass is 462 g/mol. The summed E-state index contributed by atoms with van der Waals surface area (Å²) < 4.78 is 6.96. The Balaban J connectivity index is 1.55. The lowest BCUT2D eigenvalue weighted by Crippen LogP contribution is -2.20. The van der Waals surface area contributed by atoms with Crippen LogP contribution in [-0.4, -0.2) is 32.1 Å². The van der Waals surface area contributed by atoms with E-state index in [1.165, 1.54) is 22.0 Å². The molecule has 0 bridgehead atoms. The van der Waals surface area contributed by atoms with E-state index in [1.54, 1.807) is 0 Å². The van der Waals surface area contributed by atoms with Crippen LogP contribution in [-0.2, 0) is 11.3 Å². The van der Waals surface area contributed by atoms with Gasteiger partial charge in [-0.3, -0.25) is 4.79 Å².